The fourth-order valence-corrected chi connectivity index (χ4v) is 2.51. The molecule has 7 heteroatoms. The molecule has 0 fully saturated rings. The van der Waals surface area contributed by atoms with Crippen LogP contribution in [0.2, 0.25) is 0 Å². The third-order valence-corrected chi connectivity index (χ3v) is 3.96. The first-order valence-corrected chi connectivity index (χ1v) is 7.72. The van der Waals surface area contributed by atoms with Crippen LogP contribution in [-0.4, -0.2) is 25.1 Å². The smallest absolute Gasteiger partial charge is 0.280 e. The minimum absolute atomic E-state index is 0.273. The van der Waals surface area contributed by atoms with Gasteiger partial charge in [-0.1, -0.05) is 46.8 Å². The van der Waals surface area contributed by atoms with Gasteiger partial charge < -0.3 is 4.52 Å². The summed E-state index contributed by atoms with van der Waals surface area (Å²) >= 11 is 0. The van der Waals surface area contributed by atoms with Crippen molar-refractivity contribution >= 4 is 0 Å². The highest BCUT2D eigenvalue weighted by atomic mass is 19.1. The average molecular weight is 335 g/mol. The summed E-state index contributed by atoms with van der Waals surface area (Å²) in [6.07, 6.45) is 0. The standard InChI is InChI=1S/C18H14FN5O/c1-11-8-9-14(10-15(11)19)24-12(2)16(21-23-24)18-20-17(22-25-18)13-6-4-3-5-7-13/h3-10H,1-2H3. The van der Waals surface area contributed by atoms with Crippen LogP contribution in [-0.2, 0) is 0 Å². The van der Waals surface area contributed by atoms with Crippen LogP contribution in [0.3, 0.4) is 0 Å². The molecule has 4 aromatic rings. The minimum atomic E-state index is -0.293. The highest BCUT2D eigenvalue weighted by Crippen LogP contribution is 2.24. The molecule has 0 radical (unpaired) electrons. The molecular weight excluding hydrogens is 321 g/mol. The van der Waals surface area contributed by atoms with E-state index in [1.165, 1.54) is 6.07 Å². The van der Waals surface area contributed by atoms with E-state index < -0.39 is 0 Å². The van der Waals surface area contributed by atoms with Crippen LogP contribution in [0.5, 0.6) is 0 Å². The fourth-order valence-electron chi connectivity index (χ4n) is 2.51. The van der Waals surface area contributed by atoms with Gasteiger partial charge in [-0.05, 0) is 31.5 Å². The topological polar surface area (TPSA) is 69.6 Å². The molecule has 0 spiro atoms. The Labute approximate surface area is 142 Å². The van der Waals surface area contributed by atoms with Gasteiger partial charge in [0.25, 0.3) is 5.89 Å². The zero-order valence-electron chi connectivity index (χ0n) is 13.6. The van der Waals surface area contributed by atoms with Gasteiger partial charge >= 0.3 is 0 Å². The molecule has 124 valence electrons. The molecule has 0 aliphatic heterocycles. The highest BCUT2D eigenvalue weighted by molar-refractivity contribution is 5.58. The Hall–Kier alpha value is -3.35. The maximum Gasteiger partial charge on any atom is 0.280 e. The van der Waals surface area contributed by atoms with Gasteiger partial charge in [-0.3, -0.25) is 0 Å². The Bertz CT molecular complexity index is 1040. The lowest BCUT2D eigenvalue weighted by Gasteiger charge is -2.04. The van der Waals surface area contributed by atoms with Gasteiger partial charge in [0.2, 0.25) is 5.82 Å². The molecule has 25 heavy (non-hydrogen) atoms. The molecule has 0 amide bonds. The summed E-state index contributed by atoms with van der Waals surface area (Å²) in [5.74, 6) is 0.458. The van der Waals surface area contributed by atoms with E-state index in [0.717, 1.165) is 5.56 Å². The molecule has 0 atom stereocenters. The molecule has 2 aromatic carbocycles. The van der Waals surface area contributed by atoms with Crippen molar-refractivity contribution in [3.63, 3.8) is 0 Å². The molecule has 0 aliphatic carbocycles. The number of aryl methyl sites for hydroxylation is 1. The van der Waals surface area contributed by atoms with Crippen LogP contribution < -0.4 is 0 Å². The van der Waals surface area contributed by atoms with E-state index in [9.17, 15) is 4.39 Å². The molecule has 0 aliphatic rings. The van der Waals surface area contributed by atoms with Gasteiger partial charge in [0, 0.05) is 5.56 Å². The van der Waals surface area contributed by atoms with E-state index in [4.69, 9.17) is 4.52 Å². The van der Waals surface area contributed by atoms with Crippen LogP contribution in [0.15, 0.2) is 53.1 Å². The number of hydrogen-bond donors (Lipinski definition) is 0. The van der Waals surface area contributed by atoms with E-state index in [0.29, 0.717) is 28.5 Å². The Morgan fingerprint density at radius 2 is 1.84 bits per heavy atom. The summed E-state index contributed by atoms with van der Waals surface area (Å²) in [6.45, 7) is 3.53. The number of benzene rings is 2. The zero-order chi connectivity index (χ0) is 17.4. The normalized spacial score (nSPS) is 11.0. The van der Waals surface area contributed by atoms with Gasteiger partial charge in [0.1, 0.15) is 5.82 Å². The predicted octanol–water partition coefficient (Wildman–Crippen LogP) is 3.74. The Morgan fingerprint density at radius 1 is 1.04 bits per heavy atom. The average Bonchev–Trinajstić information content (AvgIpc) is 3.25. The predicted molar refractivity (Wildman–Crippen MR) is 89.5 cm³/mol. The summed E-state index contributed by atoms with van der Waals surface area (Å²) in [5, 5.41) is 12.2. The zero-order valence-corrected chi connectivity index (χ0v) is 13.6. The fraction of sp³-hybridized carbons (Fsp3) is 0.111. The molecule has 2 aromatic heterocycles. The van der Waals surface area contributed by atoms with E-state index in [-0.39, 0.29) is 11.7 Å². The van der Waals surface area contributed by atoms with Gasteiger partial charge in [0.05, 0.1) is 11.4 Å². The van der Waals surface area contributed by atoms with Crippen molar-refractivity contribution in [2.75, 3.05) is 0 Å². The monoisotopic (exact) mass is 335 g/mol. The van der Waals surface area contributed by atoms with E-state index in [1.807, 2.05) is 37.3 Å². The van der Waals surface area contributed by atoms with Crippen molar-refractivity contribution in [3.05, 3.63) is 65.6 Å². The molecule has 4 rings (SSSR count). The van der Waals surface area contributed by atoms with Crippen LogP contribution in [0.1, 0.15) is 11.3 Å². The second-order valence-electron chi connectivity index (χ2n) is 5.66. The summed E-state index contributed by atoms with van der Waals surface area (Å²) in [4.78, 5) is 4.38. The van der Waals surface area contributed by atoms with Crippen molar-refractivity contribution < 1.29 is 8.91 Å². The quantitative estimate of drug-likeness (QED) is 0.570. The number of aromatic nitrogens is 5. The largest absolute Gasteiger partial charge is 0.332 e. The van der Waals surface area contributed by atoms with E-state index >= 15 is 0 Å². The lowest BCUT2D eigenvalue weighted by Crippen LogP contribution is -2.00. The Kier molecular flexibility index (Phi) is 3.61. The van der Waals surface area contributed by atoms with Gasteiger partial charge in [0.15, 0.2) is 5.69 Å². The Balaban J connectivity index is 1.72. The van der Waals surface area contributed by atoms with Crippen molar-refractivity contribution in [1.82, 2.24) is 25.1 Å². The summed E-state index contributed by atoms with van der Waals surface area (Å²) in [7, 11) is 0. The number of halogens is 1. The SMILES string of the molecule is Cc1ccc(-n2nnc(-c3nc(-c4ccccc4)no3)c2C)cc1F. The molecule has 0 saturated heterocycles. The summed E-state index contributed by atoms with van der Waals surface area (Å²) in [5.41, 5.74) is 3.17. The Morgan fingerprint density at radius 3 is 2.60 bits per heavy atom. The lowest BCUT2D eigenvalue weighted by molar-refractivity contribution is 0.430. The van der Waals surface area contributed by atoms with E-state index in [1.54, 1.807) is 23.7 Å². The van der Waals surface area contributed by atoms with Gasteiger partial charge in [-0.25, -0.2) is 9.07 Å². The molecule has 0 unspecified atom stereocenters. The maximum absolute atomic E-state index is 13.8. The molecule has 0 saturated carbocycles. The molecule has 6 nitrogen and oxygen atoms in total. The first-order valence-electron chi connectivity index (χ1n) is 7.72. The number of nitrogens with zero attached hydrogens (tertiary/aromatic N) is 5. The third kappa shape index (κ3) is 2.69. The van der Waals surface area contributed by atoms with Crippen molar-refractivity contribution in [2.45, 2.75) is 13.8 Å². The first-order chi connectivity index (χ1) is 12.1. The van der Waals surface area contributed by atoms with E-state index in [2.05, 4.69) is 20.5 Å². The van der Waals surface area contributed by atoms with Gasteiger partial charge in [-0.2, -0.15) is 4.98 Å². The summed E-state index contributed by atoms with van der Waals surface area (Å²) < 4.78 is 20.7. The minimum Gasteiger partial charge on any atom is -0.332 e. The van der Waals surface area contributed by atoms with Crippen molar-refractivity contribution in [3.8, 4) is 28.7 Å². The molecule has 2 heterocycles. The van der Waals surface area contributed by atoms with Crippen LogP contribution in [0.25, 0.3) is 28.7 Å². The van der Waals surface area contributed by atoms with Gasteiger partial charge in [-0.15, -0.1) is 5.10 Å². The molecular formula is C18H14FN5O. The first kappa shape index (κ1) is 15.2. The highest BCUT2D eigenvalue weighted by Gasteiger charge is 2.19. The molecule has 0 bridgehead atoms. The van der Waals surface area contributed by atoms with Crippen molar-refractivity contribution in [1.29, 1.82) is 0 Å². The second kappa shape index (κ2) is 5.94. The second-order valence-corrected chi connectivity index (χ2v) is 5.66. The van der Waals surface area contributed by atoms with Crippen molar-refractivity contribution in [2.24, 2.45) is 0 Å². The van der Waals surface area contributed by atoms with Crippen LogP contribution in [0, 0.1) is 19.7 Å². The number of hydrogen-bond acceptors (Lipinski definition) is 5. The number of rotatable bonds is 3. The maximum atomic E-state index is 13.8. The van der Waals surface area contributed by atoms with Crippen LogP contribution >= 0.6 is 0 Å². The lowest BCUT2D eigenvalue weighted by atomic mass is 10.2. The summed E-state index contributed by atoms with van der Waals surface area (Å²) in [6, 6.07) is 14.4. The van der Waals surface area contributed by atoms with Crippen LogP contribution in [0.4, 0.5) is 4.39 Å². The molecule has 0 N–H and O–H groups in total. The third-order valence-electron chi connectivity index (χ3n) is 3.96.